The molecule has 0 radical (unpaired) electrons. The number of furan rings is 1. The fourth-order valence-electron chi connectivity index (χ4n) is 3.08. The van der Waals surface area contributed by atoms with E-state index in [9.17, 15) is 9.59 Å². The lowest BCUT2D eigenvalue weighted by molar-refractivity contribution is -0.121. The molecule has 0 fully saturated rings. The first-order valence-corrected chi connectivity index (χ1v) is 9.27. The van der Waals surface area contributed by atoms with Gasteiger partial charge in [0.1, 0.15) is 11.3 Å². The molecular weight excluding hydrogens is 354 g/mol. The Morgan fingerprint density at radius 1 is 1.00 bits per heavy atom. The van der Waals surface area contributed by atoms with Crippen LogP contribution < -0.4 is 16.0 Å². The highest BCUT2D eigenvalue weighted by Gasteiger charge is 2.20. The molecule has 0 aliphatic carbocycles. The van der Waals surface area contributed by atoms with Crippen LogP contribution in [0.2, 0.25) is 0 Å². The smallest absolute Gasteiger partial charge is 0.325 e. The maximum Gasteiger partial charge on any atom is 0.325 e. The molecule has 0 saturated heterocycles. The second-order valence-corrected chi connectivity index (χ2v) is 7.06. The number of amides is 3. The molecule has 3 amide bonds. The lowest BCUT2D eigenvalue weighted by atomic mass is 10.1. The fourth-order valence-corrected chi connectivity index (χ4v) is 3.08. The van der Waals surface area contributed by atoms with Crippen molar-refractivity contribution in [2.24, 2.45) is 0 Å². The van der Waals surface area contributed by atoms with Crippen molar-refractivity contribution in [3.05, 3.63) is 65.4 Å². The zero-order valence-electron chi connectivity index (χ0n) is 16.5. The van der Waals surface area contributed by atoms with Gasteiger partial charge in [0.2, 0.25) is 5.91 Å². The Kier molecular flexibility index (Phi) is 5.80. The van der Waals surface area contributed by atoms with Gasteiger partial charge in [-0.25, -0.2) is 4.79 Å². The highest BCUT2D eigenvalue weighted by atomic mass is 16.3. The van der Waals surface area contributed by atoms with E-state index in [1.54, 1.807) is 6.92 Å². The van der Waals surface area contributed by atoms with Crippen LogP contribution in [0.15, 0.2) is 52.9 Å². The summed E-state index contributed by atoms with van der Waals surface area (Å²) < 4.78 is 5.82. The molecule has 3 rings (SSSR count). The predicted octanol–water partition coefficient (Wildman–Crippen LogP) is 4.44. The van der Waals surface area contributed by atoms with Gasteiger partial charge in [-0.1, -0.05) is 35.9 Å². The van der Waals surface area contributed by atoms with E-state index < -0.39 is 18.0 Å². The molecule has 0 aliphatic heterocycles. The molecule has 2 unspecified atom stereocenters. The monoisotopic (exact) mass is 379 g/mol. The molecule has 1 heterocycles. The summed E-state index contributed by atoms with van der Waals surface area (Å²) in [6.45, 7) is 7.51. The molecule has 0 saturated carbocycles. The lowest BCUT2D eigenvalue weighted by Gasteiger charge is -2.18. The van der Waals surface area contributed by atoms with Crippen molar-refractivity contribution in [3.8, 4) is 0 Å². The van der Waals surface area contributed by atoms with Crippen LogP contribution in [-0.2, 0) is 4.79 Å². The normalized spacial score (nSPS) is 13.1. The van der Waals surface area contributed by atoms with Crippen molar-refractivity contribution in [1.82, 2.24) is 10.6 Å². The summed E-state index contributed by atoms with van der Waals surface area (Å²) in [6.07, 6.45) is 0. The van der Waals surface area contributed by atoms with Crippen molar-refractivity contribution in [2.75, 3.05) is 5.32 Å². The van der Waals surface area contributed by atoms with E-state index in [0.717, 1.165) is 27.9 Å². The van der Waals surface area contributed by atoms with Crippen LogP contribution in [0.1, 0.15) is 36.8 Å². The van der Waals surface area contributed by atoms with Gasteiger partial charge < -0.3 is 9.73 Å². The molecule has 2 aromatic carbocycles. The minimum atomic E-state index is -0.576. The highest BCUT2D eigenvalue weighted by molar-refractivity contribution is 6.03. The number of nitrogens with one attached hydrogen (secondary N) is 3. The third-order valence-corrected chi connectivity index (χ3v) is 4.63. The van der Waals surface area contributed by atoms with Gasteiger partial charge in [0.15, 0.2) is 0 Å². The van der Waals surface area contributed by atoms with Crippen LogP contribution in [0.25, 0.3) is 11.0 Å². The predicted molar refractivity (Wildman–Crippen MR) is 110 cm³/mol. The average Bonchev–Trinajstić information content (AvgIpc) is 3.08. The molecule has 3 aromatic rings. The maximum absolute atomic E-state index is 12.4. The average molecular weight is 379 g/mol. The van der Waals surface area contributed by atoms with Crippen molar-refractivity contribution < 1.29 is 14.0 Å². The number of carbonyl (C=O) groups is 2. The summed E-state index contributed by atoms with van der Waals surface area (Å²) in [7, 11) is 0. The first-order valence-electron chi connectivity index (χ1n) is 9.27. The zero-order valence-corrected chi connectivity index (χ0v) is 16.5. The van der Waals surface area contributed by atoms with E-state index >= 15 is 0 Å². The lowest BCUT2D eigenvalue weighted by Crippen LogP contribution is -2.46. The van der Waals surface area contributed by atoms with Crippen molar-refractivity contribution in [2.45, 2.75) is 39.8 Å². The van der Waals surface area contributed by atoms with E-state index in [4.69, 9.17) is 4.42 Å². The van der Waals surface area contributed by atoms with E-state index in [0.29, 0.717) is 5.69 Å². The first-order chi connectivity index (χ1) is 13.3. The standard InChI is InChI=1S/C22H25N3O3/c1-13-9-10-18(14(2)11-13)24-22(27)25-21(26)16(4)23-15(3)20-12-17-7-5-6-8-19(17)28-20/h5-12,15-16,23H,1-4H3,(H2,24,25,26,27). The summed E-state index contributed by atoms with van der Waals surface area (Å²) in [6, 6.07) is 14.1. The Labute approximate surface area is 164 Å². The molecule has 0 aliphatic rings. The minimum Gasteiger partial charge on any atom is -0.459 e. The zero-order chi connectivity index (χ0) is 20.3. The minimum absolute atomic E-state index is 0.185. The van der Waals surface area contributed by atoms with Gasteiger partial charge in [0, 0.05) is 11.1 Å². The van der Waals surface area contributed by atoms with Crippen LogP contribution in [-0.4, -0.2) is 18.0 Å². The number of hydrogen-bond acceptors (Lipinski definition) is 4. The molecule has 6 nitrogen and oxygen atoms in total. The van der Waals surface area contributed by atoms with E-state index in [1.807, 2.05) is 69.3 Å². The number of benzene rings is 2. The highest BCUT2D eigenvalue weighted by Crippen LogP contribution is 2.23. The number of para-hydroxylation sites is 1. The number of rotatable bonds is 5. The SMILES string of the molecule is Cc1ccc(NC(=O)NC(=O)C(C)NC(C)c2cc3ccccc3o2)c(C)c1. The number of urea groups is 1. The molecule has 3 N–H and O–H groups in total. The van der Waals surface area contributed by atoms with E-state index in [1.165, 1.54) is 0 Å². The summed E-state index contributed by atoms with van der Waals surface area (Å²) >= 11 is 0. The van der Waals surface area contributed by atoms with Gasteiger partial charge in [-0.2, -0.15) is 0 Å². The number of hydrogen-bond donors (Lipinski definition) is 3. The first kappa shape index (κ1) is 19.6. The fraction of sp³-hybridized carbons (Fsp3) is 0.273. The largest absolute Gasteiger partial charge is 0.459 e. The van der Waals surface area contributed by atoms with Crippen molar-refractivity contribution >= 4 is 28.6 Å². The molecule has 0 spiro atoms. The quantitative estimate of drug-likeness (QED) is 0.612. The molecule has 0 bridgehead atoms. The van der Waals surface area contributed by atoms with Gasteiger partial charge in [-0.3, -0.25) is 15.4 Å². The molecule has 2 atom stereocenters. The number of carbonyl (C=O) groups excluding carboxylic acids is 2. The summed E-state index contributed by atoms with van der Waals surface area (Å²) in [4.78, 5) is 24.5. The molecule has 146 valence electrons. The molecule has 1 aromatic heterocycles. The third kappa shape index (κ3) is 4.58. The van der Waals surface area contributed by atoms with Crippen LogP contribution in [0.3, 0.4) is 0 Å². The van der Waals surface area contributed by atoms with Crippen LogP contribution in [0.4, 0.5) is 10.5 Å². The van der Waals surface area contributed by atoms with Gasteiger partial charge in [-0.05, 0) is 51.5 Å². The van der Waals surface area contributed by atoms with Crippen LogP contribution >= 0.6 is 0 Å². The summed E-state index contributed by atoms with van der Waals surface area (Å²) in [5, 5.41) is 9.25. The number of imide groups is 1. The Balaban J connectivity index is 1.56. The van der Waals surface area contributed by atoms with Crippen LogP contribution in [0, 0.1) is 13.8 Å². The Morgan fingerprint density at radius 3 is 2.46 bits per heavy atom. The Morgan fingerprint density at radius 2 is 1.75 bits per heavy atom. The molecular formula is C22H25N3O3. The van der Waals surface area contributed by atoms with Gasteiger partial charge in [0.25, 0.3) is 0 Å². The Bertz CT molecular complexity index is 976. The second kappa shape index (κ2) is 8.27. The second-order valence-electron chi connectivity index (χ2n) is 7.06. The topological polar surface area (TPSA) is 83.4 Å². The van der Waals surface area contributed by atoms with E-state index in [-0.39, 0.29) is 6.04 Å². The number of fused-ring (bicyclic) bond motifs is 1. The van der Waals surface area contributed by atoms with Gasteiger partial charge in [-0.15, -0.1) is 0 Å². The third-order valence-electron chi connectivity index (χ3n) is 4.63. The summed E-state index contributed by atoms with van der Waals surface area (Å²) in [5.74, 6) is 0.325. The molecule has 6 heteroatoms. The summed E-state index contributed by atoms with van der Waals surface area (Å²) in [5.41, 5.74) is 3.52. The van der Waals surface area contributed by atoms with Crippen molar-refractivity contribution in [3.63, 3.8) is 0 Å². The van der Waals surface area contributed by atoms with Crippen molar-refractivity contribution in [1.29, 1.82) is 0 Å². The maximum atomic E-state index is 12.4. The number of anilines is 1. The van der Waals surface area contributed by atoms with E-state index in [2.05, 4.69) is 16.0 Å². The number of aryl methyl sites for hydroxylation is 2. The van der Waals surface area contributed by atoms with Crippen LogP contribution in [0.5, 0.6) is 0 Å². The molecule has 28 heavy (non-hydrogen) atoms. The Hall–Kier alpha value is -3.12. The van der Waals surface area contributed by atoms with Gasteiger partial charge >= 0.3 is 6.03 Å². The van der Waals surface area contributed by atoms with Gasteiger partial charge in [0.05, 0.1) is 12.1 Å².